The molecule has 0 spiro atoms. The molecule has 0 unspecified atom stereocenters. The first-order valence-corrected chi connectivity index (χ1v) is 7.32. The van der Waals surface area contributed by atoms with Gasteiger partial charge in [0.25, 0.3) is 0 Å². The highest BCUT2D eigenvalue weighted by atomic mass is 35.5. The zero-order valence-corrected chi connectivity index (χ0v) is 16.8. The lowest BCUT2D eigenvalue weighted by atomic mass is 10.1. The fraction of sp³-hybridized carbons (Fsp3) is 0.600. The lowest BCUT2D eigenvalue weighted by Crippen LogP contribution is -2.48. The number of rotatable bonds is 4. The molecule has 3 N–H and O–H groups in total. The van der Waals surface area contributed by atoms with E-state index in [1.807, 2.05) is 18.3 Å². The molecule has 0 atom stereocenters. The number of pyridine rings is 1. The highest BCUT2D eigenvalue weighted by molar-refractivity contribution is 5.86. The molecule has 9 heteroatoms. The van der Waals surface area contributed by atoms with Crippen LogP contribution in [0.1, 0.15) is 19.4 Å². The predicted molar refractivity (Wildman–Crippen MR) is 106 cm³/mol. The Labute approximate surface area is 162 Å². The maximum atomic E-state index is 11.7. The van der Waals surface area contributed by atoms with Crippen LogP contribution in [-0.4, -0.2) is 54.6 Å². The highest BCUT2D eigenvalue weighted by Gasteiger charge is 2.21. The fourth-order valence-corrected chi connectivity index (χ4v) is 2.15. The minimum Gasteiger partial charge on any atom is -0.354 e. The summed E-state index contributed by atoms with van der Waals surface area (Å²) in [5.74, 6) is 0.836. The Morgan fingerprint density at radius 1 is 1.21 bits per heavy atom. The summed E-state index contributed by atoms with van der Waals surface area (Å²) in [6.07, 6.45) is 1.82. The number of hydrogen-bond acceptors (Lipinski definition) is 5. The number of carbonyl (C=O) groups excluding carboxylic acids is 1. The topological polar surface area (TPSA) is 74.5 Å². The first-order valence-electron chi connectivity index (χ1n) is 7.32. The van der Waals surface area contributed by atoms with E-state index in [9.17, 15) is 4.79 Å². The lowest BCUT2D eigenvalue weighted by molar-refractivity contribution is -0.125. The van der Waals surface area contributed by atoms with Crippen molar-refractivity contribution in [1.82, 2.24) is 15.2 Å². The number of halogens is 3. The number of likely N-dealkylation sites (N-methyl/N-ethyl adjacent to an activating group) is 1. The Bertz CT molecular complexity index is 485. The van der Waals surface area contributed by atoms with Crippen LogP contribution in [0.2, 0.25) is 0 Å². The van der Waals surface area contributed by atoms with Gasteiger partial charge in [-0.05, 0) is 32.5 Å². The van der Waals surface area contributed by atoms with Gasteiger partial charge in [0.1, 0.15) is 5.82 Å². The van der Waals surface area contributed by atoms with E-state index in [1.54, 1.807) is 13.8 Å². The molecule has 1 aliphatic rings. The van der Waals surface area contributed by atoms with E-state index < -0.39 is 5.54 Å². The third-order valence-electron chi connectivity index (χ3n) is 3.67. The van der Waals surface area contributed by atoms with E-state index in [0.717, 1.165) is 37.6 Å². The van der Waals surface area contributed by atoms with Crippen molar-refractivity contribution >= 4 is 48.9 Å². The van der Waals surface area contributed by atoms with Gasteiger partial charge in [-0.1, -0.05) is 6.07 Å². The van der Waals surface area contributed by atoms with Crippen molar-refractivity contribution in [3.8, 4) is 0 Å². The molecular formula is C15H28Cl3N5O. The lowest BCUT2D eigenvalue weighted by Gasteiger charge is -2.33. The van der Waals surface area contributed by atoms with Crippen molar-refractivity contribution in [2.45, 2.75) is 25.9 Å². The Morgan fingerprint density at radius 2 is 1.79 bits per heavy atom. The summed E-state index contributed by atoms with van der Waals surface area (Å²) in [4.78, 5) is 20.8. The quantitative estimate of drug-likeness (QED) is 0.800. The van der Waals surface area contributed by atoms with Crippen LogP contribution in [-0.2, 0) is 11.3 Å². The van der Waals surface area contributed by atoms with Crippen LogP contribution in [0.5, 0.6) is 0 Å². The van der Waals surface area contributed by atoms with Gasteiger partial charge in [0.2, 0.25) is 5.91 Å². The molecule has 1 aromatic heterocycles. The van der Waals surface area contributed by atoms with Gasteiger partial charge in [-0.2, -0.15) is 0 Å². The maximum absolute atomic E-state index is 11.7. The number of nitrogens with two attached hydrogens (primary N) is 1. The van der Waals surface area contributed by atoms with Gasteiger partial charge < -0.3 is 20.9 Å². The summed E-state index contributed by atoms with van der Waals surface area (Å²) >= 11 is 0. The molecule has 2 rings (SSSR count). The normalized spacial score (nSPS) is 14.8. The number of hydrogen-bond donors (Lipinski definition) is 2. The summed E-state index contributed by atoms with van der Waals surface area (Å²) in [5.41, 5.74) is 5.86. The van der Waals surface area contributed by atoms with Gasteiger partial charge in [0.05, 0.1) is 5.54 Å². The number of nitrogens with zero attached hydrogens (tertiary/aromatic N) is 3. The molecule has 0 radical (unpaired) electrons. The summed E-state index contributed by atoms with van der Waals surface area (Å²) in [6.45, 7) is 7.96. The van der Waals surface area contributed by atoms with Crippen LogP contribution in [0, 0.1) is 0 Å². The maximum Gasteiger partial charge on any atom is 0.239 e. The molecule has 0 bridgehead atoms. The van der Waals surface area contributed by atoms with Crippen LogP contribution < -0.4 is 16.0 Å². The van der Waals surface area contributed by atoms with Gasteiger partial charge in [0, 0.05) is 38.9 Å². The van der Waals surface area contributed by atoms with Crippen molar-refractivity contribution in [2.75, 3.05) is 38.1 Å². The summed E-state index contributed by atoms with van der Waals surface area (Å²) < 4.78 is 0. The van der Waals surface area contributed by atoms with Crippen molar-refractivity contribution in [3.63, 3.8) is 0 Å². The smallest absolute Gasteiger partial charge is 0.239 e. The van der Waals surface area contributed by atoms with E-state index in [0.29, 0.717) is 6.54 Å². The predicted octanol–water partition coefficient (Wildman–Crippen LogP) is 1.45. The van der Waals surface area contributed by atoms with Crippen LogP contribution in [0.4, 0.5) is 5.82 Å². The minimum atomic E-state index is -0.854. The van der Waals surface area contributed by atoms with Crippen LogP contribution in [0.25, 0.3) is 0 Å². The molecular weight excluding hydrogens is 373 g/mol. The summed E-state index contributed by atoms with van der Waals surface area (Å²) in [5, 5.41) is 2.82. The molecule has 0 aliphatic carbocycles. The van der Waals surface area contributed by atoms with E-state index in [1.165, 1.54) is 0 Å². The Balaban J connectivity index is 0. The first kappa shape index (κ1) is 25.5. The number of aromatic nitrogens is 1. The monoisotopic (exact) mass is 399 g/mol. The number of piperazine rings is 1. The molecule has 0 saturated carbocycles. The standard InChI is InChI=1S/C15H25N5O.3ClH/c1-15(2,16)14(21)18-11-12-4-5-13(17-10-12)20-8-6-19(3)7-9-20;;;/h4-5,10H,6-9,11,16H2,1-3H3,(H,18,21);3*1H. The molecule has 1 fully saturated rings. The van der Waals surface area contributed by atoms with Gasteiger partial charge >= 0.3 is 0 Å². The van der Waals surface area contributed by atoms with Crippen molar-refractivity contribution < 1.29 is 4.79 Å². The average molecular weight is 401 g/mol. The Morgan fingerprint density at radius 3 is 2.25 bits per heavy atom. The van der Waals surface area contributed by atoms with Gasteiger partial charge in [0.15, 0.2) is 0 Å². The second-order valence-electron chi connectivity index (χ2n) is 6.22. The van der Waals surface area contributed by atoms with Crippen molar-refractivity contribution in [3.05, 3.63) is 23.9 Å². The molecule has 1 saturated heterocycles. The largest absolute Gasteiger partial charge is 0.354 e. The molecule has 1 aliphatic heterocycles. The van der Waals surface area contributed by atoms with Crippen LogP contribution >= 0.6 is 37.2 Å². The van der Waals surface area contributed by atoms with Crippen molar-refractivity contribution in [1.29, 1.82) is 0 Å². The van der Waals surface area contributed by atoms with Gasteiger partial charge in [-0.3, -0.25) is 4.79 Å². The fourth-order valence-electron chi connectivity index (χ4n) is 2.15. The zero-order valence-electron chi connectivity index (χ0n) is 14.3. The number of nitrogens with one attached hydrogen (secondary N) is 1. The molecule has 140 valence electrons. The molecule has 2 heterocycles. The second-order valence-corrected chi connectivity index (χ2v) is 6.22. The van der Waals surface area contributed by atoms with E-state index in [-0.39, 0.29) is 43.1 Å². The highest BCUT2D eigenvalue weighted by Crippen LogP contribution is 2.13. The van der Waals surface area contributed by atoms with E-state index in [2.05, 4.69) is 27.1 Å². The van der Waals surface area contributed by atoms with E-state index >= 15 is 0 Å². The Kier molecular flexibility index (Phi) is 11.6. The second kappa shape index (κ2) is 10.9. The van der Waals surface area contributed by atoms with Crippen LogP contribution in [0.15, 0.2) is 18.3 Å². The van der Waals surface area contributed by atoms with Gasteiger partial charge in [-0.25, -0.2) is 4.98 Å². The Hall–Kier alpha value is -0.790. The SMILES string of the molecule is CN1CCN(c2ccc(CNC(=O)C(C)(C)N)cn2)CC1.Cl.Cl.Cl. The number of carbonyl (C=O) groups is 1. The third-order valence-corrected chi connectivity index (χ3v) is 3.67. The van der Waals surface area contributed by atoms with E-state index in [4.69, 9.17) is 5.73 Å². The number of anilines is 1. The molecule has 0 aromatic carbocycles. The third kappa shape index (κ3) is 7.40. The first-order chi connectivity index (χ1) is 9.86. The van der Waals surface area contributed by atoms with Crippen LogP contribution in [0.3, 0.4) is 0 Å². The zero-order chi connectivity index (χ0) is 15.5. The van der Waals surface area contributed by atoms with Crippen molar-refractivity contribution in [2.24, 2.45) is 5.73 Å². The molecule has 1 aromatic rings. The van der Waals surface area contributed by atoms with Gasteiger partial charge in [-0.15, -0.1) is 37.2 Å². The molecule has 1 amide bonds. The number of amides is 1. The molecule has 6 nitrogen and oxygen atoms in total. The summed E-state index contributed by atoms with van der Waals surface area (Å²) in [7, 11) is 2.13. The minimum absolute atomic E-state index is 0. The molecule has 24 heavy (non-hydrogen) atoms. The summed E-state index contributed by atoms with van der Waals surface area (Å²) in [6, 6.07) is 4.02. The average Bonchev–Trinajstić information content (AvgIpc) is 2.45.